The number of aliphatic hydroxyl groups is 1. The van der Waals surface area contributed by atoms with Crippen LogP contribution >= 0.6 is 11.6 Å². The molecule has 3 rings (SSSR count). The SMILES string of the molecule is CC(C)(C)OC(=O)c1c[nH]c2cc(Cl)c(-c3ccc(OCCCCCCO)cc3)cc12. The lowest BCUT2D eigenvalue weighted by Crippen LogP contribution is -2.23. The smallest absolute Gasteiger partial charge is 0.340 e. The van der Waals surface area contributed by atoms with Gasteiger partial charge in [0.2, 0.25) is 0 Å². The Morgan fingerprint density at radius 2 is 1.77 bits per heavy atom. The first kappa shape index (κ1) is 23.2. The Kier molecular flexibility index (Phi) is 7.63. The molecule has 2 aromatic carbocycles. The number of hydrogen-bond acceptors (Lipinski definition) is 4. The molecule has 1 aromatic heterocycles. The number of esters is 1. The maximum absolute atomic E-state index is 12.6. The van der Waals surface area contributed by atoms with E-state index in [-0.39, 0.29) is 12.6 Å². The van der Waals surface area contributed by atoms with Gasteiger partial charge in [-0.25, -0.2) is 4.79 Å². The molecule has 6 heteroatoms. The van der Waals surface area contributed by atoms with Crippen LogP contribution in [-0.4, -0.2) is 34.9 Å². The van der Waals surface area contributed by atoms with Crippen LogP contribution in [0.4, 0.5) is 0 Å². The first-order valence-corrected chi connectivity index (χ1v) is 11.0. The zero-order chi connectivity index (χ0) is 22.4. The molecule has 0 aliphatic carbocycles. The number of rotatable bonds is 9. The molecule has 0 amide bonds. The van der Waals surface area contributed by atoms with Gasteiger partial charge in [0, 0.05) is 29.3 Å². The third-order valence-corrected chi connectivity index (χ3v) is 5.19. The van der Waals surface area contributed by atoms with E-state index in [1.807, 2.05) is 57.2 Å². The van der Waals surface area contributed by atoms with Gasteiger partial charge in [0.1, 0.15) is 11.4 Å². The first-order chi connectivity index (χ1) is 14.8. The molecule has 0 aliphatic rings. The van der Waals surface area contributed by atoms with Gasteiger partial charge in [-0.3, -0.25) is 0 Å². The second kappa shape index (κ2) is 10.2. The third-order valence-electron chi connectivity index (χ3n) is 4.87. The Bertz CT molecular complexity index is 1020. The predicted octanol–water partition coefficient (Wildman–Crippen LogP) is 6.38. The highest BCUT2D eigenvalue weighted by Crippen LogP contribution is 2.34. The zero-order valence-electron chi connectivity index (χ0n) is 18.3. The van der Waals surface area contributed by atoms with Gasteiger partial charge in [-0.1, -0.05) is 30.2 Å². The summed E-state index contributed by atoms with van der Waals surface area (Å²) in [4.78, 5) is 15.7. The Labute approximate surface area is 188 Å². The fourth-order valence-corrected chi connectivity index (χ4v) is 3.63. The van der Waals surface area contributed by atoms with E-state index >= 15 is 0 Å². The van der Waals surface area contributed by atoms with Crippen molar-refractivity contribution in [2.45, 2.75) is 52.1 Å². The van der Waals surface area contributed by atoms with Crippen LogP contribution in [0.5, 0.6) is 5.75 Å². The number of aromatic amines is 1. The van der Waals surface area contributed by atoms with E-state index in [1.54, 1.807) is 6.20 Å². The molecular formula is C25H30ClNO4. The van der Waals surface area contributed by atoms with Gasteiger partial charge >= 0.3 is 5.97 Å². The number of H-pyrrole nitrogens is 1. The molecule has 0 aliphatic heterocycles. The van der Waals surface area contributed by atoms with Crippen LogP contribution < -0.4 is 4.74 Å². The molecule has 0 saturated heterocycles. The zero-order valence-corrected chi connectivity index (χ0v) is 19.1. The molecule has 0 bridgehead atoms. The normalized spacial score (nSPS) is 11.6. The average molecular weight is 444 g/mol. The summed E-state index contributed by atoms with van der Waals surface area (Å²) in [6, 6.07) is 11.5. The summed E-state index contributed by atoms with van der Waals surface area (Å²) in [5.74, 6) is 0.439. The van der Waals surface area contributed by atoms with E-state index in [0.717, 1.165) is 53.5 Å². The van der Waals surface area contributed by atoms with Gasteiger partial charge in [0.15, 0.2) is 0 Å². The number of carbonyl (C=O) groups is 1. The lowest BCUT2D eigenvalue weighted by Gasteiger charge is -2.19. The van der Waals surface area contributed by atoms with Crippen molar-refractivity contribution in [3.63, 3.8) is 0 Å². The summed E-state index contributed by atoms with van der Waals surface area (Å²) in [6.07, 6.45) is 5.53. The second-order valence-corrected chi connectivity index (χ2v) is 9.00. The number of halogens is 1. The number of nitrogens with one attached hydrogen (secondary N) is 1. The molecule has 0 atom stereocenters. The Morgan fingerprint density at radius 3 is 2.45 bits per heavy atom. The summed E-state index contributed by atoms with van der Waals surface area (Å²) in [5.41, 5.74) is 2.50. The molecule has 3 aromatic rings. The standard InChI is InChI=1S/C25H30ClNO4/c1-25(2,3)31-24(29)21-16-27-23-15-22(26)19(14-20(21)23)17-8-10-18(11-9-17)30-13-7-5-4-6-12-28/h8-11,14-16,27-28H,4-7,12-13H2,1-3H3. The van der Waals surface area contributed by atoms with Crippen LogP contribution in [0.3, 0.4) is 0 Å². The highest BCUT2D eigenvalue weighted by atomic mass is 35.5. The van der Waals surface area contributed by atoms with Crippen LogP contribution in [0.25, 0.3) is 22.0 Å². The molecule has 1 heterocycles. The van der Waals surface area contributed by atoms with Crippen LogP contribution in [0.15, 0.2) is 42.6 Å². The van der Waals surface area contributed by atoms with Gasteiger partial charge in [0.25, 0.3) is 0 Å². The summed E-state index contributed by atoms with van der Waals surface area (Å²) >= 11 is 6.53. The van der Waals surface area contributed by atoms with E-state index in [1.165, 1.54) is 0 Å². The monoisotopic (exact) mass is 443 g/mol. The predicted molar refractivity (Wildman–Crippen MR) is 125 cm³/mol. The molecule has 31 heavy (non-hydrogen) atoms. The van der Waals surface area contributed by atoms with Gasteiger partial charge in [-0.05, 0) is 69.9 Å². The van der Waals surface area contributed by atoms with Crippen LogP contribution in [0.2, 0.25) is 5.02 Å². The Morgan fingerprint density at radius 1 is 1.06 bits per heavy atom. The molecule has 0 saturated carbocycles. The van der Waals surface area contributed by atoms with E-state index in [0.29, 0.717) is 17.2 Å². The Balaban J connectivity index is 1.75. The van der Waals surface area contributed by atoms with Gasteiger partial charge < -0.3 is 19.6 Å². The second-order valence-electron chi connectivity index (χ2n) is 8.59. The number of benzene rings is 2. The first-order valence-electron chi connectivity index (χ1n) is 10.7. The van der Waals surface area contributed by atoms with Gasteiger partial charge in [0.05, 0.1) is 17.2 Å². The minimum atomic E-state index is -0.565. The largest absolute Gasteiger partial charge is 0.494 e. The minimum Gasteiger partial charge on any atom is -0.494 e. The van der Waals surface area contributed by atoms with Crippen molar-refractivity contribution in [1.29, 1.82) is 0 Å². The molecule has 0 fully saturated rings. The lowest BCUT2D eigenvalue weighted by atomic mass is 10.0. The molecular weight excluding hydrogens is 414 g/mol. The number of aromatic nitrogens is 1. The summed E-state index contributed by atoms with van der Waals surface area (Å²) in [5, 5.41) is 10.2. The van der Waals surface area contributed by atoms with E-state index in [4.69, 9.17) is 26.2 Å². The third kappa shape index (κ3) is 6.25. The van der Waals surface area contributed by atoms with Crippen molar-refractivity contribution in [2.24, 2.45) is 0 Å². The molecule has 5 nitrogen and oxygen atoms in total. The summed E-state index contributed by atoms with van der Waals surface area (Å²) < 4.78 is 11.3. The molecule has 0 radical (unpaired) electrons. The van der Waals surface area contributed by atoms with E-state index in [9.17, 15) is 4.79 Å². The Hall–Kier alpha value is -2.50. The summed E-state index contributed by atoms with van der Waals surface area (Å²) in [6.45, 7) is 6.45. The molecule has 2 N–H and O–H groups in total. The minimum absolute atomic E-state index is 0.249. The van der Waals surface area contributed by atoms with Gasteiger partial charge in [-0.15, -0.1) is 0 Å². The molecule has 0 unspecified atom stereocenters. The quantitative estimate of drug-likeness (QED) is 0.297. The number of ether oxygens (including phenoxy) is 2. The van der Waals surface area contributed by atoms with Crippen molar-refractivity contribution in [3.8, 4) is 16.9 Å². The fraction of sp³-hybridized carbons (Fsp3) is 0.400. The summed E-state index contributed by atoms with van der Waals surface area (Å²) in [7, 11) is 0. The number of unbranched alkanes of at least 4 members (excludes halogenated alkanes) is 3. The number of carbonyl (C=O) groups excluding carboxylic acids is 1. The number of fused-ring (bicyclic) bond motifs is 1. The highest BCUT2D eigenvalue weighted by Gasteiger charge is 2.21. The molecule has 0 spiro atoms. The lowest BCUT2D eigenvalue weighted by molar-refractivity contribution is 0.00719. The van der Waals surface area contributed by atoms with Crippen LogP contribution in [0, 0.1) is 0 Å². The fourth-order valence-electron chi connectivity index (χ4n) is 3.35. The van der Waals surface area contributed by atoms with Crippen LogP contribution in [0.1, 0.15) is 56.8 Å². The van der Waals surface area contributed by atoms with Crippen LogP contribution in [-0.2, 0) is 4.74 Å². The number of hydrogen-bond donors (Lipinski definition) is 2. The highest BCUT2D eigenvalue weighted by molar-refractivity contribution is 6.34. The topological polar surface area (TPSA) is 71.6 Å². The average Bonchev–Trinajstić information content (AvgIpc) is 3.12. The van der Waals surface area contributed by atoms with Crippen molar-refractivity contribution < 1.29 is 19.4 Å². The number of aliphatic hydroxyl groups excluding tert-OH is 1. The maximum Gasteiger partial charge on any atom is 0.340 e. The van der Waals surface area contributed by atoms with Crippen molar-refractivity contribution in [3.05, 3.63) is 53.2 Å². The van der Waals surface area contributed by atoms with Crippen molar-refractivity contribution in [1.82, 2.24) is 4.98 Å². The van der Waals surface area contributed by atoms with Crippen molar-refractivity contribution >= 4 is 28.5 Å². The van der Waals surface area contributed by atoms with E-state index < -0.39 is 5.60 Å². The molecule has 166 valence electrons. The van der Waals surface area contributed by atoms with E-state index in [2.05, 4.69) is 4.98 Å². The van der Waals surface area contributed by atoms with Gasteiger partial charge in [-0.2, -0.15) is 0 Å². The maximum atomic E-state index is 12.6. The van der Waals surface area contributed by atoms with Crippen molar-refractivity contribution in [2.75, 3.05) is 13.2 Å².